The van der Waals surface area contributed by atoms with Gasteiger partial charge in [0.15, 0.2) is 0 Å². The van der Waals surface area contributed by atoms with Gasteiger partial charge in [0.05, 0.1) is 7.11 Å². The Bertz CT molecular complexity index is 298. The second-order valence-corrected chi connectivity index (χ2v) is 2.76. The van der Waals surface area contributed by atoms with Crippen molar-refractivity contribution >= 4 is 18.4 Å². The molecule has 0 radical (unpaired) electrons. The highest BCUT2D eigenvalue weighted by molar-refractivity contribution is 5.87. The van der Waals surface area contributed by atoms with Crippen molar-refractivity contribution in [3.8, 4) is 0 Å². The maximum Gasteiger partial charge on any atom is 0.356 e. The molecule has 1 heterocycles. The predicted octanol–water partition coefficient (Wildman–Crippen LogP) is 1.31. The molecule has 1 aromatic heterocycles. The molecule has 14 heavy (non-hydrogen) atoms. The highest BCUT2D eigenvalue weighted by Crippen LogP contribution is 2.08. The number of aromatic nitrogens is 1. The maximum absolute atomic E-state index is 11.0. The fourth-order valence-corrected chi connectivity index (χ4v) is 0.900. The number of hydrogen-bond donors (Lipinski definition) is 1. The molecule has 1 atom stereocenters. The monoisotopic (exact) mass is 216 g/mol. The molecule has 1 rings (SSSR count). The number of esters is 1. The van der Waals surface area contributed by atoms with E-state index >= 15 is 0 Å². The van der Waals surface area contributed by atoms with E-state index in [0.717, 1.165) is 5.56 Å². The van der Waals surface area contributed by atoms with Gasteiger partial charge in [-0.25, -0.2) is 9.78 Å². The van der Waals surface area contributed by atoms with E-state index in [4.69, 9.17) is 5.73 Å². The highest BCUT2D eigenvalue weighted by atomic mass is 35.5. The van der Waals surface area contributed by atoms with E-state index in [1.165, 1.54) is 7.11 Å². The van der Waals surface area contributed by atoms with Crippen LogP contribution < -0.4 is 5.73 Å². The molecule has 78 valence electrons. The number of halogens is 1. The zero-order valence-electron chi connectivity index (χ0n) is 8.06. The SMILES string of the molecule is COC(=O)c1ccc(C(C)N)cn1.Cl. The summed E-state index contributed by atoms with van der Waals surface area (Å²) in [6.45, 7) is 1.86. The van der Waals surface area contributed by atoms with E-state index in [1.54, 1.807) is 18.3 Å². The van der Waals surface area contributed by atoms with Crippen molar-refractivity contribution in [2.75, 3.05) is 7.11 Å². The Kier molecular flexibility index (Phi) is 5.12. The van der Waals surface area contributed by atoms with Crippen molar-refractivity contribution in [1.29, 1.82) is 0 Å². The van der Waals surface area contributed by atoms with Crippen molar-refractivity contribution in [2.24, 2.45) is 5.73 Å². The zero-order chi connectivity index (χ0) is 9.84. The van der Waals surface area contributed by atoms with E-state index in [2.05, 4.69) is 9.72 Å². The second-order valence-electron chi connectivity index (χ2n) is 2.76. The number of ether oxygens (including phenoxy) is 1. The molecule has 0 spiro atoms. The Morgan fingerprint density at radius 1 is 1.57 bits per heavy atom. The van der Waals surface area contributed by atoms with Crippen molar-refractivity contribution in [3.05, 3.63) is 29.6 Å². The summed E-state index contributed by atoms with van der Waals surface area (Å²) in [5.41, 5.74) is 6.81. The minimum absolute atomic E-state index is 0. The van der Waals surface area contributed by atoms with Gasteiger partial charge in [-0.05, 0) is 18.6 Å². The van der Waals surface area contributed by atoms with Gasteiger partial charge in [-0.15, -0.1) is 12.4 Å². The lowest BCUT2D eigenvalue weighted by molar-refractivity contribution is 0.0594. The predicted molar refractivity (Wildman–Crippen MR) is 55.4 cm³/mol. The first-order valence-corrected chi connectivity index (χ1v) is 3.95. The lowest BCUT2D eigenvalue weighted by atomic mass is 10.1. The van der Waals surface area contributed by atoms with Crippen LogP contribution in [0, 0.1) is 0 Å². The standard InChI is InChI=1S/C9H12N2O2.ClH/c1-6(10)7-3-4-8(11-5-7)9(12)13-2;/h3-6H,10H2,1-2H3;1H. The van der Waals surface area contributed by atoms with E-state index in [-0.39, 0.29) is 18.4 Å². The lowest BCUT2D eigenvalue weighted by Crippen LogP contribution is -2.08. The van der Waals surface area contributed by atoms with E-state index in [1.807, 2.05) is 6.92 Å². The van der Waals surface area contributed by atoms with Crippen LogP contribution in [-0.4, -0.2) is 18.1 Å². The van der Waals surface area contributed by atoms with Crippen LogP contribution >= 0.6 is 12.4 Å². The number of carbonyl (C=O) groups is 1. The van der Waals surface area contributed by atoms with E-state index in [0.29, 0.717) is 5.69 Å². The molecule has 5 heteroatoms. The van der Waals surface area contributed by atoms with Crippen LogP contribution in [0.5, 0.6) is 0 Å². The summed E-state index contributed by atoms with van der Waals surface area (Å²) < 4.78 is 4.50. The normalized spacial score (nSPS) is 11.4. The minimum Gasteiger partial charge on any atom is -0.464 e. The summed E-state index contributed by atoms with van der Waals surface area (Å²) in [6.07, 6.45) is 1.58. The van der Waals surface area contributed by atoms with Crippen molar-refractivity contribution in [3.63, 3.8) is 0 Å². The van der Waals surface area contributed by atoms with Crippen LogP contribution in [0.1, 0.15) is 29.0 Å². The molecule has 4 nitrogen and oxygen atoms in total. The molecule has 0 aromatic carbocycles. The molecule has 2 N–H and O–H groups in total. The van der Waals surface area contributed by atoms with Gasteiger partial charge >= 0.3 is 5.97 Å². The molecule has 0 saturated carbocycles. The second kappa shape index (κ2) is 5.57. The Labute approximate surface area is 88.9 Å². The molecule has 0 aliphatic heterocycles. The van der Waals surface area contributed by atoms with Crippen molar-refractivity contribution in [1.82, 2.24) is 4.98 Å². The molecule has 0 amide bonds. The molecular formula is C9H13ClN2O2. The zero-order valence-corrected chi connectivity index (χ0v) is 8.88. The van der Waals surface area contributed by atoms with E-state index < -0.39 is 5.97 Å². The van der Waals surface area contributed by atoms with Crippen LogP contribution in [0.4, 0.5) is 0 Å². The van der Waals surface area contributed by atoms with Crippen LogP contribution in [0.25, 0.3) is 0 Å². The Morgan fingerprint density at radius 3 is 2.57 bits per heavy atom. The van der Waals surface area contributed by atoms with Crippen LogP contribution in [0.2, 0.25) is 0 Å². The molecule has 0 bridgehead atoms. The summed E-state index contributed by atoms with van der Waals surface area (Å²) in [5, 5.41) is 0. The number of methoxy groups -OCH3 is 1. The maximum atomic E-state index is 11.0. The Morgan fingerprint density at radius 2 is 2.21 bits per heavy atom. The fourth-order valence-electron chi connectivity index (χ4n) is 0.900. The largest absolute Gasteiger partial charge is 0.464 e. The minimum atomic E-state index is -0.434. The first-order valence-electron chi connectivity index (χ1n) is 3.95. The molecule has 0 fully saturated rings. The molecule has 0 saturated heterocycles. The summed E-state index contributed by atoms with van der Waals surface area (Å²) in [5.74, 6) is -0.434. The van der Waals surface area contributed by atoms with Gasteiger partial charge in [-0.2, -0.15) is 0 Å². The van der Waals surface area contributed by atoms with Gasteiger partial charge in [-0.3, -0.25) is 0 Å². The number of hydrogen-bond acceptors (Lipinski definition) is 4. The first kappa shape index (κ1) is 12.9. The number of nitrogens with two attached hydrogens (primary N) is 1. The van der Waals surface area contributed by atoms with Crippen LogP contribution in [-0.2, 0) is 4.74 Å². The fraction of sp³-hybridized carbons (Fsp3) is 0.333. The van der Waals surface area contributed by atoms with Gasteiger partial charge in [-0.1, -0.05) is 6.07 Å². The van der Waals surface area contributed by atoms with Crippen molar-refractivity contribution < 1.29 is 9.53 Å². The van der Waals surface area contributed by atoms with Crippen LogP contribution in [0.15, 0.2) is 18.3 Å². The summed E-state index contributed by atoms with van der Waals surface area (Å²) in [4.78, 5) is 14.9. The molecule has 1 unspecified atom stereocenters. The van der Waals surface area contributed by atoms with Gasteiger partial charge < -0.3 is 10.5 Å². The third-order valence-corrected chi connectivity index (χ3v) is 1.71. The smallest absolute Gasteiger partial charge is 0.356 e. The van der Waals surface area contributed by atoms with Crippen LogP contribution in [0.3, 0.4) is 0 Å². The summed E-state index contributed by atoms with van der Waals surface area (Å²) in [7, 11) is 1.32. The van der Waals surface area contributed by atoms with Gasteiger partial charge in [0.1, 0.15) is 5.69 Å². The lowest BCUT2D eigenvalue weighted by Gasteiger charge is -2.04. The highest BCUT2D eigenvalue weighted by Gasteiger charge is 2.06. The Hall–Kier alpha value is -1.13. The molecule has 0 aliphatic carbocycles. The molecule has 1 aromatic rings. The average molecular weight is 217 g/mol. The van der Waals surface area contributed by atoms with E-state index in [9.17, 15) is 4.79 Å². The summed E-state index contributed by atoms with van der Waals surface area (Å²) >= 11 is 0. The average Bonchev–Trinajstić information content (AvgIpc) is 2.17. The van der Waals surface area contributed by atoms with Crippen molar-refractivity contribution in [2.45, 2.75) is 13.0 Å². The number of rotatable bonds is 2. The quantitative estimate of drug-likeness (QED) is 0.757. The third kappa shape index (κ3) is 2.97. The molecule has 0 aliphatic rings. The molecular weight excluding hydrogens is 204 g/mol. The number of nitrogens with zero attached hydrogens (tertiary/aromatic N) is 1. The van der Waals surface area contributed by atoms with Gasteiger partial charge in [0, 0.05) is 12.2 Å². The topological polar surface area (TPSA) is 65.2 Å². The first-order chi connectivity index (χ1) is 6.15. The number of carbonyl (C=O) groups excluding carboxylic acids is 1. The number of pyridine rings is 1. The Balaban J connectivity index is 0.00000169. The van der Waals surface area contributed by atoms with Gasteiger partial charge in [0.25, 0.3) is 0 Å². The summed E-state index contributed by atoms with van der Waals surface area (Å²) in [6, 6.07) is 3.30. The van der Waals surface area contributed by atoms with Gasteiger partial charge in [0.2, 0.25) is 0 Å². The third-order valence-electron chi connectivity index (χ3n) is 1.71.